The number of anilines is 1. The van der Waals surface area contributed by atoms with Crippen molar-refractivity contribution in [3.63, 3.8) is 0 Å². The van der Waals surface area contributed by atoms with Crippen molar-refractivity contribution in [2.75, 3.05) is 18.5 Å². The van der Waals surface area contributed by atoms with E-state index in [1.165, 1.54) is 5.56 Å². The van der Waals surface area contributed by atoms with Crippen molar-refractivity contribution in [3.8, 4) is 11.5 Å². The van der Waals surface area contributed by atoms with E-state index in [4.69, 9.17) is 21.7 Å². The molecular formula is C18H20N2O2S. The maximum absolute atomic E-state index is 5.63. The molecule has 3 rings (SSSR count). The van der Waals surface area contributed by atoms with Crippen molar-refractivity contribution in [3.05, 3.63) is 53.6 Å². The molecule has 1 aliphatic rings. The Balaban J connectivity index is 1.64. The third-order valence-corrected chi connectivity index (χ3v) is 3.91. The fourth-order valence-corrected chi connectivity index (χ4v) is 2.79. The highest BCUT2D eigenvalue weighted by molar-refractivity contribution is 7.80. The maximum atomic E-state index is 5.63. The molecule has 1 atom stereocenters. The molecule has 0 radical (unpaired) electrons. The Bertz CT molecular complexity index is 718. The SMILES string of the molecule is Cc1cccc(NC(=S)N[C@@H](C)c2ccc3c(c2)OCCO3)c1. The van der Waals surface area contributed by atoms with Crippen LogP contribution < -0.4 is 20.1 Å². The Morgan fingerprint density at radius 3 is 2.65 bits per heavy atom. The first-order valence-electron chi connectivity index (χ1n) is 7.65. The number of rotatable bonds is 3. The lowest BCUT2D eigenvalue weighted by atomic mass is 10.1. The summed E-state index contributed by atoms with van der Waals surface area (Å²) in [5, 5.41) is 7.10. The summed E-state index contributed by atoms with van der Waals surface area (Å²) in [5.74, 6) is 1.59. The first kappa shape index (κ1) is 15.6. The van der Waals surface area contributed by atoms with Crippen molar-refractivity contribution in [1.29, 1.82) is 0 Å². The molecule has 0 unspecified atom stereocenters. The zero-order chi connectivity index (χ0) is 16.2. The van der Waals surface area contributed by atoms with E-state index in [2.05, 4.69) is 36.6 Å². The van der Waals surface area contributed by atoms with Gasteiger partial charge in [0, 0.05) is 5.69 Å². The maximum Gasteiger partial charge on any atom is 0.171 e. The van der Waals surface area contributed by atoms with E-state index in [0.717, 1.165) is 22.7 Å². The molecule has 4 nitrogen and oxygen atoms in total. The second-order valence-corrected chi connectivity index (χ2v) is 6.00. The number of nitrogens with one attached hydrogen (secondary N) is 2. The van der Waals surface area contributed by atoms with Gasteiger partial charge in [-0.25, -0.2) is 0 Å². The average Bonchev–Trinajstić information content (AvgIpc) is 2.54. The van der Waals surface area contributed by atoms with Crippen LogP contribution in [-0.2, 0) is 0 Å². The average molecular weight is 328 g/mol. The summed E-state index contributed by atoms with van der Waals surface area (Å²) in [5.41, 5.74) is 3.28. The van der Waals surface area contributed by atoms with Gasteiger partial charge in [-0.3, -0.25) is 0 Å². The van der Waals surface area contributed by atoms with Crippen LogP contribution in [0.1, 0.15) is 24.1 Å². The van der Waals surface area contributed by atoms with E-state index in [9.17, 15) is 0 Å². The third kappa shape index (κ3) is 3.93. The fraction of sp³-hybridized carbons (Fsp3) is 0.278. The molecule has 0 spiro atoms. The smallest absolute Gasteiger partial charge is 0.171 e. The quantitative estimate of drug-likeness (QED) is 0.839. The molecule has 23 heavy (non-hydrogen) atoms. The lowest BCUT2D eigenvalue weighted by molar-refractivity contribution is 0.171. The van der Waals surface area contributed by atoms with Crippen LogP contribution in [0.2, 0.25) is 0 Å². The summed E-state index contributed by atoms with van der Waals surface area (Å²) in [6, 6.07) is 14.2. The van der Waals surface area contributed by atoms with Crippen LogP contribution in [0.3, 0.4) is 0 Å². The molecule has 0 saturated heterocycles. The summed E-state index contributed by atoms with van der Waals surface area (Å²) in [6.45, 7) is 5.31. The van der Waals surface area contributed by atoms with Crippen LogP contribution in [0.4, 0.5) is 5.69 Å². The minimum absolute atomic E-state index is 0.0654. The Morgan fingerprint density at radius 2 is 1.87 bits per heavy atom. The summed E-state index contributed by atoms with van der Waals surface area (Å²) in [7, 11) is 0. The second-order valence-electron chi connectivity index (χ2n) is 5.59. The fourth-order valence-electron chi connectivity index (χ4n) is 2.50. The molecule has 1 heterocycles. The first-order chi connectivity index (χ1) is 11.1. The van der Waals surface area contributed by atoms with Gasteiger partial charge in [0.2, 0.25) is 0 Å². The van der Waals surface area contributed by atoms with E-state index in [0.29, 0.717) is 18.3 Å². The van der Waals surface area contributed by atoms with Crippen LogP contribution in [-0.4, -0.2) is 18.3 Å². The number of aryl methyl sites for hydroxylation is 1. The van der Waals surface area contributed by atoms with Crippen molar-refractivity contribution < 1.29 is 9.47 Å². The van der Waals surface area contributed by atoms with Crippen molar-refractivity contribution in [2.24, 2.45) is 0 Å². The molecule has 2 aromatic rings. The molecule has 0 aromatic heterocycles. The van der Waals surface area contributed by atoms with Crippen LogP contribution in [0, 0.1) is 6.92 Å². The molecule has 120 valence electrons. The summed E-state index contributed by atoms with van der Waals surface area (Å²) < 4.78 is 11.2. The van der Waals surface area contributed by atoms with Gasteiger partial charge in [0.15, 0.2) is 16.6 Å². The standard InChI is InChI=1S/C18H20N2O2S/c1-12-4-3-5-15(10-12)20-18(23)19-13(2)14-6-7-16-17(11-14)22-9-8-21-16/h3-7,10-11,13H,8-9H2,1-2H3,(H2,19,20,23)/t13-/m0/s1. The predicted octanol–water partition coefficient (Wildman–Crippen LogP) is 3.81. The van der Waals surface area contributed by atoms with Crippen LogP contribution in [0.15, 0.2) is 42.5 Å². The number of thiocarbonyl (C=S) groups is 1. The van der Waals surface area contributed by atoms with Crippen molar-refractivity contribution in [2.45, 2.75) is 19.9 Å². The Labute approximate surface area is 141 Å². The van der Waals surface area contributed by atoms with Gasteiger partial charge in [0.1, 0.15) is 13.2 Å². The minimum Gasteiger partial charge on any atom is -0.486 e. The van der Waals surface area contributed by atoms with Crippen molar-refractivity contribution in [1.82, 2.24) is 5.32 Å². The van der Waals surface area contributed by atoms with E-state index in [1.54, 1.807) is 0 Å². The van der Waals surface area contributed by atoms with Gasteiger partial charge in [-0.1, -0.05) is 18.2 Å². The zero-order valence-corrected chi connectivity index (χ0v) is 14.1. The van der Waals surface area contributed by atoms with Gasteiger partial charge >= 0.3 is 0 Å². The summed E-state index contributed by atoms with van der Waals surface area (Å²) in [4.78, 5) is 0. The Kier molecular flexibility index (Phi) is 4.67. The summed E-state index contributed by atoms with van der Waals surface area (Å²) in [6.07, 6.45) is 0. The predicted molar refractivity (Wildman–Crippen MR) is 96.4 cm³/mol. The third-order valence-electron chi connectivity index (χ3n) is 3.69. The van der Waals surface area contributed by atoms with Gasteiger partial charge in [0.25, 0.3) is 0 Å². The molecule has 5 heteroatoms. The summed E-state index contributed by atoms with van der Waals surface area (Å²) >= 11 is 5.40. The second kappa shape index (κ2) is 6.87. The highest BCUT2D eigenvalue weighted by Gasteiger charge is 2.15. The number of ether oxygens (including phenoxy) is 2. The van der Waals surface area contributed by atoms with E-state index >= 15 is 0 Å². The lowest BCUT2D eigenvalue weighted by Gasteiger charge is -2.22. The molecule has 0 fully saturated rings. The number of benzene rings is 2. The topological polar surface area (TPSA) is 42.5 Å². The van der Waals surface area contributed by atoms with Crippen molar-refractivity contribution >= 4 is 23.0 Å². The highest BCUT2D eigenvalue weighted by atomic mass is 32.1. The van der Waals surface area contributed by atoms with Crippen LogP contribution in [0.25, 0.3) is 0 Å². The number of hydrogen-bond acceptors (Lipinski definition) is 3. The van der Waals surface area contributed by atoms with Gasteiger partial charge in [0.05, 0.1) is 6.04 Å². The van der Waals surface area contributed by atoms with E-state index in [-0.39, 0.29) is 6.04 Å². The minimum atomic E-state index is 0.0654. The highest BCUT2D eigenvalue weighted by Crippen LogP contribution is 2.32. The zero-order valence-electron chi connectivity index (χ0n) is 13.3. The van der Waals surface area contributed by atoms with E-state index in [1.807, 2.05) is 30.3 Å². The molecular weight excluding hydrogens is 308 g/mol. The van der Waals surface area contributed by atoms with Gasteiger partial charge in [-0.05, 0) is 61.5 Å². The largest absolute Gasteiger partial charge is 0.486 e. The molecule has 0 saturated carbocycles. The number of hydrogen-bond donors (Lipinski definition) is 2. The van der Waals surface area contributed by atoms with E-state index < -0.39 is 0 Å². The Morgan fingerprint density at radius 1 is 1.09 bits per heavy atom. The van der Waals surface area contributed by atoms with Crippen LogP contribution in [0.5, 0.6) is 11.5 Å². The van der Waals surface area contributed by atoms with Gasteiger partial charge < -0.3 is 20.1 Å². The molecule has 0 amide bonds. The molecule has 2 N–H and O–H groups in total. The molecule has 0 bridgehead atoms. The Hall–Kier alpha value is -2.27. The van der Waals surface area contributed by atoms with Crippen LogP contribution >= 0.6 is 12.2 Å². The number of fused-ring (bicyclic) bond motifs is 1. The first-order valence-corrected chi connectivity index (χ1v) is 8.06. The molecule has 1 aliphatic heterocycles. The molecule has 2 aromatic carbocycles. The monoisotopic (exact) mass is 328 g/mol. The lowest BCUT2D eigenvalue weighted by Crippen LogP contribution is -2.31. The normalized spacial score (nSPS) is 14.0. The van der Waals surface area contributed by atoms with Gasteiger partial charge in [-0.15, -0.1) is 0 Å². The molecule has 0 aliphatic carbocycles. The van der Waals surface area contributed by atoms with Gasteiger partial charge in [-0.2, -0.15) is 0 Å².